The van der Waals surface area contributed by atoms with E-state index in [4.69, 9.17) is 4.74 Å². The zero-order valence-corrected chi connectivity index (χ0v) is 17.7. The SMILES string of the molecule is CCOC[C@H]1CC[C@]2(CC)C3CC[C@@]4(C)C(CC[C@@H]4C(=O)O)[C@@H]3CC[C@H]2C1. The summed E-state index contributed by atoms with van der Waals surface area (Å²) in [5.41, 5.74) is 0.592. The Morgan fingerprint density at radius 1 is 1.04 bits per heavy atom. The molecule has 0 aromatic rings. The van der Waals surface area contributed by atoms with Gasteiger partial charge in [0, 0.05) is 13.2 Å². The van der Waals surface area contributed by atoms with Gasteiger partial charge < -0.3 is 9.84 Å². The van der Waals surface area contributed by atoms with Gasteiger partial charge in [-0.25, -0.2) is 0 Å². The number of rotatable bonds is 5. The number of carbonyl (C=O) groups is 1. The Bertz CT molecular complexity index is 560. The lowest BCUT2D eigenvalue weighted by atomic mass is 9.43. The van der Waals surface area contributed by atoms with Crippen molar-refractivity contribution in [2.75, 3.05) is 13.2 Å². The normalized spacial score (nSPS) is 49.1. The number of carboxylic acids is 1. The molecule has 4 aliphatic rings. The van der Waals surface area contributed by atoms with Crippen LogP contribution in [-0.2, 0) is 9.53 Å². The second-order valence-corrected chi connectivity index (χ2v) is 10.6. The van der Waals surface area contributed by atoms with Gasteiger partial charge in [0.15, 0.2) is 0 Å². The highest BCUT2D eigenvalue weighted by Gasteiger charge is 2.62. The predicted octanol–water partition coefficient (Wildman–Crippen LogP) is 5.77. The van der Waals surface area contributed by atoms with Crippen molar-refractivity contribution < 1.29 is 14.6 Å². The molecule has 154 valence electrons. The van der Waals surface area contributed by atoms with E-state index in [0.29, 0.717) is 11.3 Å². The van der Waals surface area contributed by atoms with Crippen molar-refractivity contribution in [3.05, 3.63) is 0 Å². The summed E-state index contributed by atoms with van der Waals surface area (Å²) in [6.07, 6.45) is 12.7. The lowest BCUT2D eigenvalue weighted by molar-refractivity contribution is -0.155. The molecule has 8 atom stereocenters. The molecule has 4 rings (SSSR count). The van der Waals surface area contributed by atoms with Gasteiger partial charge in [-0.3, -0.25) is 4.79 Å². The van der Waals surface area contributed by atoms with Crippen LogP contribution in [0, 0.1) is 46.3 Å². The maximum atomic E-state index is 11.9. The van der Waals surface area contributed by atoms with E-state index < -0.39 is 5.97 Å². The fraction of sp³-hybridized carbons (Fsp3) is 0.958. The number of hydrogen-bond acceptors (Lipinski definition) is 2. The summed E-state index contributed by atoms with van der Waals surface area (Å²) in [7, 11) is 0. The molecule has 3 heteroatoms. The molecular formula is C24H40O3. The molecule has 0 spiro atoms. The molecule has 0 amide bonds. The average molecular weight is 377 g/mol. The van der Waals surface area contributed by atoms with E-state index in [2.05, 4.69) is 20.8 Å². The molecule has 4 aliphatic carbocycles. The van der Waals surface area contributed by atoms with E-state index in [0.717, 1.165) is 56.1 Å². The van der Waals surface area contributed by atoms with Crippen LogP contribution >= 0.6 is 0 Å². The number of ether oxygens (including phenoxy) is 1. The van der Waals surface area contributed by atoms with Gasteiger partial charge in [0.2, 0.25) is 0 Å². The first-order valence-corrected chi connectivity index (χ1v) is 11.8. The molecule has 4 fully saturated rings. The molecule has 0 saturated heterocycles. The largest absolute Gasteiger partial charge is 0.481 e. The summed E-state index contributed by atoms with van der Waals surface area (Å²) in [6.45, 7) is 8.68. The third-order valence-corrected chi connectivity index (χ3v) is 9.99. The lowest BCUT2D eigenvalue weighted by Gasteiger charge is -2.62. The second-order valence-electron chi connectivity index (χ2n) is 10.6. The number of carboxylic acid groups (broad SMARTS) is 1. The first-order chi connectivity index (χ1) is 13.0. The van der Waals surface area contributed by atoms with Crippen LogP contribution in [0.15, 0.2) is 0 Å². The fourth-order valence-electron chi connectivity index (χ4n) is 8.69. The average Bonchev–Trinajstić information content (AvgIpc) is 3.03. The van der Waals surface area contributed by atoms with Crippen molar-refractivity contribution in [3.63, 3.8) is 0 Å². The van der Waals surface area contributed by atoms with Gasteiger partial charge in [0.1, 0.15) is 0 Å². The Hall–Kier alpha value is -0.570. The van der Waals surface area contributed by atoms with E-state index in [-0.39, 0.29) is 11.3 Å². The minimum absolute atomic E-state index is 0.0565. The summed E-state index contributed by atoms with van der Waals surface area (Å²) in [4.78, 5) is 11.9. The van der Waals surface area contributed by atoms with Crippen LogP contribution in [0.25, 0.3) is 0 Å². The van der Waals surface area contributed by atoms with Gasteiger partial charge in [-0.1, -0.05) is 13.8 Å². The van der Waals surface area contributed by atoms with Gasteiger partial charge in [0.05, 0.1) is 5.92 Å². The molecule has 0 bridgehead atoms. The van der Waals surface area contributed by atoms with Gasteiger partial charge in [-0.2, -0.15) is 0 Å². The van der Waals surface area contributed by atoms with Crippen molar-refractivity contribution in [2.24, 2.45) is 46.3 Å². The third kappa shape index (κ3) is 2.98. The van der Waals surface area contributed by atoms with Crippen LogP contribution in [0.4, 0.5) is 0 Å². The second kappa shape index (κ2) is 7.35. The van der Waals surface area contributed by atoms with Crippen molar-refractivity contribution in [1.82, 2.24) is 0 Å². The summed E-state index contributed by atoms with van der Waals surface area (Å²) in [6, 6.07) is 0. The maximum absolute atomic E-state index is 11.9. The number of fused-ring (bicyclic) bond motifs is 5. The van der Waals surface area contributed by atoms with Crippen LogP contribution in [0.3, 0.4) is 0 Å². The fourth-order valence-corrected chi connectivity index (χ4v) is 8.69. The highest BCUT2D eigenvalue weighted by Crippen LogP contribution is 2.68. The number of aliphatic carboxylic acids is 1. The highest BCUT2D eigenvalue weighted by molar-refractivity contribution is 5.71. The molecule has 0 aromatic heterocycles. The van der Waals surface area contributed by atoms with Crippen molar-refractivity contribution in [3.8, 4) is 0 Å². The molecule has 3 nitrogen and oxygen atoms in total. The van der Waals surface area contributed by atoms with Crippen LogP contribution in [0.2, 0.25) is 0 Å². The highest BCUT2D eigenvalue weighted by atomic mass is 16.5. The molecule has 2 unspecified atom stereocenters. The standard InChI is InChI=1S/C24H40O3/c1-4-24-13-10-16(15-27-5-2)14-17(24)6-7-18-19-8-9-21(22(25)26)23(19,3)12-11-20(18)24/h16-21H,4-15H2,1-3H3,(H,25,26)/t16-,17-,18-,19?,20?,21+,23-,24-/m0/s1. The van der Waals surface area contributed by atoms with E-state index in [9.17, 15) is 9.90 Å². The Labute approximate surface area is 165 Å². The maximum Gasteiger partial charge on any atom is 0.307 e. The minimum Gasteiger partial charge on any atom is -0.481 e. The van der Waals surface area contributed by atoms with Gasteiger partial charge in [-0.05, 0) is 112 Å². The molecule has 27 heavy (non-hydrogen) atoms. The van der Waals surface area contributed by atoms with Crippen LogP contribution in [-0.4, -0.2) is 24.3 Å². The molecule has 4 saturated carbocycles. The molecule has 1 N–H and O–H groups in total. The van der Waals surface area contributed by atoms with E-state index >= 15 is 0 Å². The number of hydrogen-bond donors (Lipinski definition) is 1. The molecule has 0 aliphatic heterocycles. The smallest absolute Gasteiger partial charge is 0.307 e. The quantitative estimate of drug-likeness (QED) is 0.662. The topological polar surface area (TPSA) is 46.5 Å². The van der Waals surface area contributed by atoms with Gasteiger partial charge >= 0.3 is 5.97 Å². The van der Waals surface area contributed by atoms with Crippen molar-refractivity contribution in [1.29, 1.82) is 0 Å². The van der Waals surface area contributed by atoms with Crippen LogP contribution in [0.5, 0.6) is 0 Å². The molecular weight excluding hydrogens is 336 g/mol. The lowest BCUT2D eigenvalue weighted by Crippen LogP contribution is -2.55. The summed E-state index contributed by atoms with van der Waals surface area (Å²) >= 11 is 0. The summed E-state index contributed by atoms with van der Waals surface area (Å²) in [5.74, 6) is 3.30. The summed E-state index contributed by atoms with van der Waals surface area (Å²) < 4.78 is 5.77. The molecule has 0 heterocycles. The molecule has 0 aromatic carbocycles. The predicted molar refractivity (Wildman–Crippen MR) is 107 cm³/mol. The van der Waals surface area contributed by atoms with Gasteiger partial charge in [-0.15, -0.1) is 0 Å². The first-order valence-electron chi connectivity index (χ1n) is 11.8. The Morgan fingerprint density at radius 3 is 2.56 bits per heavy atom. The zero-order chi connectivity index (χ0) is 19.2. The Kier molecular flexibility index (Phi) is 5.37. The van der Waals surface area contributed by atoms with Crippen LogP contribution in [0.1, 0.15) is 85.0 Å². The third-order valence-electron chi connectivity index (χ3n) is 9.99. The summed E-state index contributed by atoms with van der Waals surface area (Å²) in [5, 5.41) is 9.79. The minimum atomic E-state index is -0.534. The molecule has 0 radical (unpaired) electrons. The first kappa shape index (κ1) is 19.7. The Balaban J connectivity index is 1.55. The van der Waals surface area contributed by atoms with E-state index in [1.165, 1.54) is 44.9 Å². The van der Waals surface area contributed by atoms with E-state index in [1.807, 2.05) is 0 Å². The zero-order valence-electron chi connectivity index (χ0n) is 17.7. The van der Waals surface area contributed by atoms with Crippen LogP contribution < -0.4 is 0 Å². The van der Waals surface area contributed by atoms with Crippen molar-refractivity contribution in [2.45, 2.75) is 85.0 Å². The monoisotopic (exact) mass is 376 g/mol. The van der Waals surface area contributed by atoms with Crippen molar-refractivity contribution >= 4 is 5.97 Å². The Morgan fingerprint density at radius 2 is 1.85 bits per heavy atom. The van der Waals surface area contributed by atoms with E-state index in [1.54, 1.807) is 0 Å². The van der Waals surface area contributed by atoms with Gasteiger partial charge in [0.25, 0.3) is 0 Å².